The molecule has 1 heterocycles. The molecule has 2 N–H and O–H groups in total. The molecule has 1 aliphatic heterocycles. The molecule has 0 aliphatic carbocycles. The Kier molecular flexibility index (Phi) is 7.89. The van der Waals surface area contributed by atoms with Crippen molar-refractivity contribution in [3.63, 3.8) is 0 Å². The fraction of sp³-hybridized carbons (Fsp3) is 0.471. The molecule has 0 saturated carbocycles. The number of carboxylic acid groups (broad SMARTS) is 1. The van der Waals surface area contributed by atoms with Crippen LogP contribution in [0.15, 0.2) is 29.2 Å². The lowest BCUT2D eigenvalue weighted by Crippen LogP contribution is -2.48. The molecule has 1 aromatic rings. The molecule has 142 valence electrons. The predicted molar refractivity (Wildman–Crippen MR) is 95.3 cm³/mol. The number of nitrogens with one attached hydrogen (secondary N) is 1. The number of morpholine rings is 1. The van der Waals surface area contributed by atoms with Crippen molar-refractivity contribution in [3.8, 4) is 0 Å². The molecule has 8 nitrogen and oxygen atoms in total. The zero-order valence-corrected chi connectivity index (χ0v) is 15.3. The number of rotatable bonds is 8. The Hall–Kier alpha value is -2.10. The summed E-state index contributed by atoms with van der Waals surface area (Å²) in [6.45, 7) is 1.39. The van der Waals surface area contributed by atoms with Crippen LogP contribution in [-0.2, 0) is 19.1 Å². The Balaban J connectivity index is 2.00. The summed E-state index contributed by atoms with van der Waals surface area (Å²) in [5, 5.41) is 11.8. The zero-order chi connectivity index (χ0) is 18.9. The molecule has 2 amide bonds. The highest BCUT2D eigenvalue weighted by Crippen LogP contribution is 2.24. The number of hydrogen-bond donors (Lipinski definition) is 2. The van der Waals surface area contributed by atoms with Crippen LogP contribution in [0.25, 0.3) is 0 Å². The fourth-order valence-electron chi connectivity index (χ4n) is 2.41. The molecular weight excluding hydrogens is 360 g/mol. The lowest BCUT2D eigenvalue weighted by molar-refractivity contribution is -0.154. The maximum absolute atomic E-state index is 12.8. The van der Waals surface area contributed by atoms with Crippen molar-refractivity contribution in [2.24, 2.45) is 0 Å². The Morgan fingerprint density at radius 3 is 2.88 bits per heavy atom. The van der Waals surface area contributed by atoms with Gasteiger partial charge in [0.2, 0.25) is 5.91 Å². The first-order valence-corrected chi connectivity index (χ1v) is 9.12. The predicted octanol–water partition coefficient (Wildman–Crippen LogP) is 0.467. The first-order chi connectivity index (χ1) is 12.5. The maximum atomic E-state index is 12.8. The van der Waals surface area contributed by atoms with Crippen molar-refractivity contribution in [2.75, 3.05) is 45.7 Å². The molecule has 0 spiro atoms. The molecule has 0 aromatic heterocycles. The Bertz CT molecular complexity index is 654. The van der Waals surface area contributed by atoms with Crippen molar-refractivity contribution in [2.45, 2.75) is 11.0 Å². The van der Waals surface area contributed by atoms with Gasteiger partial charge in [0.1, 0.15) is 0 Å². The lowest BCUT2D eigenvalue weighted by Gasteiger charge is -2.31. The summed E-state index contributed by atoms with van der Waals surface area (Å²) in [6.07, 6.45) is -1.01. The third kappa shape index (κ3) is 5.72. The minimum atomic E-state index is -1.09. The average Bonchev–Trinajstić information content (AvgIpc) is 2.66. The standard InChI is InChI=1S/C17H22N2O6S/c1-24-8-6-18-15(20)11-26-14-5-3-2-4-12(14)16(21)19-7-9-25-13(10-19)17(22)23/h2-5,13H,6-11H2,1H3,(H,18,20)(H,22,23). The smallest absolute Gasteiger partial charge is 0.334 e. The number of ether oxygens (including phenoxy) is 2. The number of carboxylic acids is 1. The molecule has 1 atom stereocenters. The van der Waals surface area contributed by atoms with Crippen LogP contribution in [0.5, 0.6) is 0 Å². The average molecular weight is 382 g/mol. The Morgan fingerprint density at radius 2 is 2.15 bits per heavy atom. The van der Waals surface area contributed by atoms with E-state index >= 15 is 0 Å². The summed E-state index contributed by atoms with van der Waals surface area (Å²) in [6, 6.07) is 6.99. The van der Waals surface area contributed by atoms with E-state index in [0.717, 1.165) is 0 Å². The minimum absolute atomic E-state index is 0.00463. The first-order valence-electron chi connectivity index (χ1n) is 8.14. The number of methoxy groups -OCH3 is 1. The third-order valence-corrected chi connectivity index (χ3v) is 4.81. The van der Waals surface area contributed by atoms with Gasteiger partial charge in [0.05, 0.1) is 31.1 Å². The summed E-state index contributed by atoms with van der Waals surface area (Å²) < 4.78 is 10.0. The minimum Gasteiger partial charge on any atom is -0.479 e. The Labute approximate surface area is 155 Å². The normalized spacial score (nSPS) is 17.0. The van der Waals surface area contributed by atoms with Gasteiger partial charge < -0.3 is 24.8 Å². The van der Waals surface area contributed by atoms with Crippen LogP contribution in [0.1, 0.15) is 10.4 Å². The topological polar surface area (TPSA) is 105 Å². The van der Waals surface area contributed by atoms with Crippen LogP contribution in [0.3, 0.4) is 0 Å². The van der Waals surface area contributed by atoms with Crippen LogP contribution in [0.2, 0.25) is 0 Å². The molecule has 9 heteroatoms. The summed E-state index contributed by atoms with van der Waals surface area (Å²) in [5.74, 6) is -1.32. The summed E-state index contributed by atoms with van der Waals surface area (Å²) in [4.78, 5) is 37.9. The van der Waals surface area contributed by atoms with E-state index < -0.39 is 12.1 Å². The van der Waals surface area contributed by atoms with Gasteiger partial charge >= 0.3 is 5.97 Å². The van der Waals surface area contributed by atoms with Crippen LogP contribution >= 0.6 is 11.8 Å². The number of hydrogen-bond acceptors (Lipinski definition) is 6. The van der Waals surface area contributed by atoms with Crippen molar-refractivity contribution >= 4 is 29.5 Å². The van der Waals surface area contributed by atoms with Crippen LogP contribution in [0, 0.1) is 0 Å². The van der Waals surface area contributed by atoms with Crippen LogP contribution < -0.4 is 5.32 Å². The molecule has 2 rings (SSSR count). The number of carbonyl (C=O) groups excluding carboxylic acids is 2. The van der Waals surface area contributed by atoms with Crippen molar-refractivity contribution < 1.29 is 29.0 Å². The highest BCUT2D eigenvalue weighted by Gasteiger charge is 2.30. The van der Waals surface area contributed by atoms with Crippen LogP contribution in [-0.4, -0.2) is 79.6 Å². The van der Waals surface area contributed by atoms with Crippen molar-refractivity contribution in [1.29, 1.82) is 0 Å². The number of amides is 2. The fourth-order valence-corrected chi connectivity index (χ4v) is 3.28. The monoisotopic (exact) mass is 382 g/mol. The molecule has 0 radical (unpaired) electrons. The molecule has 26 heavy (non-hydrogen) atoms. The number of nitrogens with zero attached hydrogens (tertiary/aromatic N) is 1. The van der Waals surface area contributed by atoms with Gasteiger partial charge in [-0.15, -0.1) is 11.8 Å². The second kappa shape index (κ2) is 10.1. The van der Waals surface area contributed by atoms with E-state index in [-0.39, 0.29) is 30.7 Å². The second-order valence-electron chi connectivity index (χ2n) is 5.58. The molecule has 1 unspecified atom stereocenters. The van der Waals surface area contributed by atoms with Gasteiger partial charge in [-0.3, -0.25) is 9.59 Å². The van der Waals surface area contributed by atoms with E-state index in [4.69, 9.17) is 14.6 Å². The molecular formula is C17H22N2O6S. The van der Waals surface area contributed by atoms with E-state index in [1.165, 1.54) is 16.7 Å². The molecule has 1 aromatic carbocycles. The highest BCUT2D eigenvalue weighted by molar-refractivity contribution is 8.00. The van der Waals surface area contributed by atoms with Gasteiger partial charge in [0.15, 0.2) is 6.10 Å². The van der Waals surface area contributed by atoms with Gasteiger partial charge in [-0.05, 0) is 12.1 Å². The second-order valence-corrected chi connectivity index (χ2v) is 6.59. The van der Waals surface area contributed by atoms with Crippen molar-refractivity contribution in [1.82, 2.24) is 10.2 Å². The van der Waals surface area contributed by atoms with E-state index in [9.17, 15) is 14.4 Å². The number of aliphatic carboxylic acids is 1. The summed E-state index contributed by atoms with van der Waals surface area (Å²) in [5.41, 5.74) is 0.452. The van der Waals surface area contributed by atoms with Crippen molar-refractivity contribution in [3.05, 3.63) is 29.8 Å². The zero-order valence-electron chi connectivity index (χ0n) is 14.5. The van der Waals surface area contributed by atoms with E-state index in [0.29, 0.717) is 30.2 Å². The highest BCUT2D eigenvalue weighted by atomic mass is 32.2. The van der Waals surface area contributed by atoms with E-state index in [1.54, 1.807) is 31.4 Å². The third-order valence-electron chi connectivity index (χ3n) is 3.73. The van der Waals surface area contributed by atoms with Crippen LogP contribution in [0.4, 0.5) is 0 Å². The number of carbonyl (C=O) groups is 3. The van der Waals surface area contributed by atoms with Gasteiger partial charge in [-0.25, -0.2) is 4.79 Å². The maximum Gasteiger partial charge on any atom is 0.334 e. The molecule has 0 bridgehead atoms. The Morgan fingerprint density at radius 1 is 1.38 bits per heavy atom. The quantitative estimate of drug-likeness (QED) is 0.497. The van der Waals surface area contributed by atoms with Gasteiger partial charge in [-0.2, -0.15) is 0 Å². The van der Waals surface area contributed by atoms with Gasteiger partial charge in [-0.1, -0.05) is 12.1 Å². The van der Waals surface area contributed by atoms with Gasteiger partial charge in [0, 0.05) is 25.1 Å². The molecule has 1 fully saturated rings. The number of benzene rings is 1. The van der Waals surface area contributed by atoms with E-state index in [1.807, 2.05) is 0 Å². The number of thioether (sulfide) groups is 1. The first kappa shape index (κ1) is 20.2. The van der Waals surface area contributed by atoms with E-state index in [2.05, 4.69) is 5.32 Å². The summed E-state index contributed by atoms with van der Waals surface area (Å²) >= 11 is 1.26. The largest absolute Gasteiger partial charge is 0.479 e. The van der Waals surface area contributed by atoms with Gasteiger partial charge in [0.25, 0.3) is 5.91 Å². The SMILES string of the molecule is COCCNC(=O)CSc1ccccc1C(=O)N1CCOC(C(=O)O)C1. The molecule has 1 saturated heterocycles. The lowest BCUT2D eigenvalue weighted by atomic mass is 10.1. The molecule has 1 aliphatic rings. The summed E-state index contributed by atoms with van der Waals surface area (Å²) in [7, 11) is 1.56.